The number of halogens is 1. The van der Waals surface area contributed by atoms with Crippen molar-refractivity contribution in [3.63, 3.8) is 0 Å². The highest BCUT2D eigenvalue weighted by Crippen LogP contribution is 2.15. The molecular formula is C18H23FN4O2. The first kappa shape index (κ1) is 18.6. The minimum absolute atomic E-state index is 0.214. The van der Waals surface area contributed by atoms with Crippen LogP contribution in [0.2, 0.25) is 0 Å². The van der Waals surface area contributed by atoms with Crippen LogP contribution < -0.4 is 10.6 Å². The number of amides is 2. The average Bonchev–Trinajstić information content (AvgIpc) is 3.03. The van der Waals surface area contributed by atoms with E-state index in [2.05, 4.69) is 15.6 Å². The van der Waals surface area contributed by atoms with Gasteiger partial charge in [-0.2, -0.15) is 0 Å². The van der Waals surface area contributed by atoms with Crippen LogP contribution in [0.3, 0.4) is 0 Å². The maximum Gasteiger partial charge on any atom is 0.246 e. The topological polar surface area (TPSA) is 76.0 Å². The first-order valence-corrected chi connectivity index (χ1v) is 8.27. The highest BCUT2D eigenvalue weighted by molar-refractivity contribution is 5.97. The maximum absolute atomic E-state index is 13.1. The molecule has 2 amide bonds. The Morgan fingerprint density at radius 1 is 1.36 bits per heavy atom. The van der Waals surface area contributed by atoms with E-state index in [1.165, 1.54) is 18.2 Å². The molecule has 0 fully saturated rings. The van der Waals surface area contributed by atoms with Crippen molar-refractivity contribution in [3.8, 4) is 0 Å². The first-order valence-electron chi connectivity index (χ1n) is 8.27. The Bertz CT molecular complexity index is 757. The van der Waals surface area contributed by atoms with Crippen LogP contribution in [0.15, 0.2) is 30.6 Å². The van der Waals surface area contributed by atoms with Crippen LogP contribution in [0.1, 0.15) is 31.7 Å². The highest BCUT2D eigenvalue weighted by Gasteiger charge is 2.16. The molecule has 0 saturated carbocycles. The molecule has 0 radical (unpaired) electrons. The summed E-state index contributed by atoms with van der Waals surface area (Å²) >= 11 is 0. The summed E-state index contributed by atoms with van der Waals surface area (Å²) in [5.41, 5.74) is 1.15. The number of rotatable bonds is 7. The van der Waals surface area contributed by atoms with Crippen LogP contribution in [-0.2, 0) is 22.6 Å². The summed E-state index contributed by atoms with van der Waals surface area (Å²) in [6.07, 6.45) is 4.60. The number of anilines is 1. The van der Waals surface area contributed by atoms with Crippen LogP contribution >= 0.6 is 0 Å². The number of aromatic nitrogens is 2. The minimum atomic E-state index is -0.689. The first-order chi connectivity index (χ1) is 11.9. The molecule has 0 aliphatic carbocycles. The number of hydrogen-bond acceptors (Lipinski definition) is 3. The number of carbonyl (C=O) groups is 2. The molecular weight excluding hydrogens is 323 g/mol. The van der Waals surface area contributed by atoms with Gasteiger partial charge in [-0.25, -0.2) is 9.37 Å². The fourth-order valence-electron chi connectivity index (χ4n) is 2.47. The molecule has 2 aromatic rings. The SMILES string of the molecule is CCc1nccn1CCC(=O)NC(C)C(=O)Nc1ccc(F)cc1C. The Labute approximate surface area is 146 Å². The second kappa shape index (κ2) is 8.41. The predicted molar refractivity (Wildman–Crippen MR) is 93.6 cm³/mol. The Morgan fingerprint density at radius 3 is 2.80 bits per heavy atom. The Hall–Kier alpha value is -2.70. The molecule has 1 atom stereocenters. The minimum Gasteiger partial charge on any atom is -0.345 e. The number of imidazole rings is 1. The van der Waals surface area contributed by atoms with Gasteiger partial charge in [-0.1, -0.05) is 6.92 Å². The van der Waals surface area contributed by atoms with Gasteiger partial charge in [0, 0.05) is 37.5 Å². The molecule has 0 bridgehead atoms. The molecule has 1 aromatic carbocycles. The number of aryl methyl sites for hydroxylation is 3. The van der Waals surface area contributed by atoms with Crippen molar-refractivity contribution < 1.29 is 14.0 Å². The van der Waals surface area contributed by atoms with Crippen molar-refractivity contribution in [2.24, 2.45) is 0 Å². The molecule has 1 unspecified atom stereocenters. The molecule has 2 rings (SSSR count). The zero-order valence-electron chi connectivity index (χ0n) is 14.7. The van der Waals surface area contributed by atoms with Crippen molar-refractivity contribution in [1.29, 1.82) is 0 Å². The summed E-state index contributed by atoms with van der Waals surface area (Å²) in [5.74, 6) is 0.00217. The van der Waals surface area contributed by atoms with Crippen LogP contribution in [0, 0.1) is 12.7 Å². The number of nitrogens with zero attached hydrogens (tertiary/aromatic N) is 2. The molecule has 1 aromatic heterocycles. The summed E-state index contributed by atoms with van der Waals surface area (Å²) in [4.78, 5) is 28.4. The number of carbonyl (C=O) groups excluding carboxylic acids is 2. The number of benzene rings is 1. The summed E-state index contributed by atoms with van der Waals surface area (Å²) in [6, 6.07) is 3.44. The molecule has 7 heteroatoms. The zero-order chi connectivity index (χ0) is 18.4. The fraction of sp³-hybridized carbons (Fsp3) is 0.389. The molecule has 0 aliphatic rings. The highest BCUT2D eigenvalue weighted by atomic mass is 19.1. The fourth-order valence-corrected chi connectivity index (χ4v) is 2.47. The van der Waals surface area contributed by atoms with Crippen molar-refractivity contribution in [2.75, 3.05) is 5.32 Å². The van der Waals surface area contributed by atoms with Gasteiger partial charge >= 0.3 is 0 Å². The molecule has 6 nitrogen and oxygen atoms in total. The van der Waals surface area contributed by atoms with Gasteiger partial charge in [-0.3, -0.25) is 9.59 Å². The molecule has 1 heterocycles. The number of nitrogens with one attached hydrogen (secondary N) is 2. The van der Waals surface area contributed by atoms with Gasteiger partial charge in [0.05, 0.1) is 0 Å². The summed E-state index contributed by atoms with van der Waals surface area (Å²) < 4.78 is 15.0. The van der Waals surface area contributed by atoms with Crippen LogP contribution in [0.5, 0.6) is 0 Å². The summed E-state index contributed by atoms with van der Waals surface area (Å²) in [7, 11) is 0. The van der Waals surface area contributed by atoms with Crippen molar-refractivity contribution in [3.05, 3.63) is 47.8 Å². The van der Waals surface area contributed by atoms with Crippen molar-refractivity contribution in [2.45, 2.75) is 46.2 Å². The third-order valence-corrected chi connectivity index (χ3v) is 3.91. The van der Waals surface area contributed by atoms with E-state index >= 15 is 0 Å². The van der Waals surface area contributed by atoms with E-state index in [1.807, 2.05) is 17.7 Å². The van der Waals surface area contributed by atoms with Gasteiger partial charge in [-0.05, 0) is 37.6 Å². The molecule has 25 heavy (non-hydrogen) atoms. The lowest BCUT2D eigenvalue weighted by molar-refractivity contribution is -0.126. The second-order valence-electron chi connectivity index (χ2n) is 5.88. The smallest absolute Gasteiger partial charge is 0.246 e. The Balaban J connectivity index is 1.84. The van der Waals surface area contributed by atoms with Gasteiger partial charge < -0.3 is 15.2 Å². The van der Waals surface area contributed by atoms with E-state index in [4.69, 9.17) is 0 Å². The standard InChI is InChI=1S/C18H23FN4O2/c1-4-16-20-8-10-23(16)9-7-17(24)21-13(3)18(25)22-15-6-5-14(19)11-12(15)2/h5-6,8,10-11,13H,4,7,9H2,1-3H3,(H,21,24)(H,22,25). The van der Waals surface area contributed by atoms with Gasteiger partial charge in [-0.15, -0.1) is 0 Å². The van der Waals surface area contributed by atoms with Gasteiger partial charge in [0.15, 0.2) is 0 Å². The molecule has 0 spiro atoms. The molecule has 0 saturated heterocycles. The third kappa shape index (κ3) is 5.14. The van der Waals surface area contributed by atoms with E-state index in [0.717, 1.165) is 12.2 Å². The van der Waals surface area contributed by atoms with E-state index < -0.39 is 6.04 Å². The quantitative estimate of drug-likeness (QED) is 0.808. The summed E-state index contributed by atoms with van der Waals surface area (Å²) in [5, 5.41) is 5.37. The van der Waals surface area contributed by atoms with E-state index in [-0.39, 0.29) is 24.1 Å². The largest absolute Gasteiger partial charge is 0.345 e. The van der Waals surface area contributed by atoms with E-state index in [0.29, 0.717) is 17.8 Å². The van der Waals surface area contributed by atoms with Gasteiger partial charge in [0.1, 0.15) is 17.7 Å². The lowest BCUT2D eigenvalue weighted by Gasteiger charge is -2.15. The third-order valence-electron chi connectivity index (χ3n) is 3.91. The molecule has 2 N–H and O–H groups in total. The van der Waals surface area contributed by atoms with Crippen LogP contribution in [0.4, 0.5) is 10.1 Å². The second-order valence-corrected chi connectivity index (χ2v) is 5.88. The van der Waals surface area contributed by atoms with Crippen molar-refractivity contribution >= 4 is 17.5 Å². The van der Waals surface area contributed by atoms with Gasteiger partial charge in [0.25, 0.3) is 0 Å². The predicted octanol–water partition coefficient (Wildman–Crippen LogP) is 2.43. The Morgan fingerprint density at radius 2 is 2.12 bits per heavy atom. The monoisotopic (exact) mass is 346 g/mol. The lowest BCUT2D eigenvalue weighted by atomic mass is 10.2. The van der Waals surface area contributed by atoms with E-state index in [1.54, 1.807) is 20.0 Å². The maximum atomic E-state index is 13.1. The van der Waals surface area contributed by atoms with Crippen LogP contribution in [0.25, 0.3) is 0 Å². The van der Waals surface area contributed by atoms with Gasteiger partial charge in [0.2, 0.25) is 11.8 Å². The Kier molecular flexibility index (Phi) is 6.27. The molecule has 0 aliphatic heterocycles. The van der Waals surface area contributed by atoms with Crippen LogP contribution in [-0.4, -0.2) is 27.4 Å². The zero-order valence-corrected chi connectivity index (χ0v) is 14.7. The van der Waals surface area contributed by atoms with E-state index in [9.17, 15) is 14.0 Å². The average molecular weight is 346 g/mol. The van der Waals surface area contributed by atoms with Crippen molar-refractivity contribution in [1.82, 2.24) is 14.9 Å². The normalized spacial score (nSPS) is 11.8. The lowest BCUT2D eigenvalue weighted by Crippen LogP contribution is -2.42. The number of hydrogen-bond donors (Lipinski definition) is 2. The molecule has 134 valence electrons. The summed E-state index contributed by atoms with van der Waals surface area (Å²) in [6.45, 7) is 5.84.